The summed E-state index contributed by atoms with van der Waals surface area (Å²) in [5.74, 6) is -0.346. The number of aromatic nitrogens is 1. The molecule has 0 fully saturated rings. The number of ketones is 1. The number of carbonyl (C=O) groups is 2. The molecule has 0 aliphatic heterocycles. The van der Waals surface area contributed by atoms with Crippen LogP contribution < -0.4 is 5.32 Å². The first-order chi connectivity index (χ1) is 8.58. The van der Waals surface area contributed by atoms with E-state index in [1.807, 2.05) is 42.1 Å². The van der Waals surface area contributed by atoms with Crippen LogP contribution in [0.2, 0.25) is 0 Å². The van der Waals surface area contributed by atoms with Crippen molar-refractivity contribution in [1.29, 1.82) is 0 Å². The average molecular weight is 244 g/mol. The zero-order valence-corrected chi connectivity index (χ0v) is 10.6. The van der Waals surface area contributed by atoms with E-state index in [0.29, 0.717) is 6.54 Å². The number of nitrogens with zero attached hydrogens (tertiary/aromatic N) is 1. The minimum atomic E-state index is -0.226. The molecule has 0 saturated carbocycles. The lowest BCUT2D eigenvalue weighted by molar-refractivity contribution is -0.127. The van der Waals surface area contributed by atoms with E-state index in [1.54, 1.807) is 0 Å². The van der Waals surface area contributed by atoms with Crippen molar-refractivity contribution in [3.63, 3.8) is 0 Å². The van der Waals surface area contributed by atoms with Crippen LogP contribution in [0, 0.1) is 0 Å². The van der Waals surface area contributed by atoms with Crippen LogP contribution in [0.3, 0.4) is 0 Å². The van der Waals surface area contributed by atoms with Crippen molar-refractivity contribution in [2.45, 2.75) is 19.9 Å². The SMILES string of the molecule is CC(=O)CC(=O)NCc1cn(C)c2ccccc12. The first-order valence-electron chi connectivity index (χ1n) is 5.87. The van der Waals surface area contributed by atoms with E-state index in [4.69, 9.17) is 0 Å². The summed E-state index contributed by atoms with van der Waals surface area (Å²) < 4.78 is 2.03. The van der Waals surface area contributed by atoms with Crippen LogP contribution >= 0.6 is 0 Å². The summed E-state index contributed by atoms with van der Waals surface area (Å²) in [4.78, 5) is 22.2. The van der Waals surface area contributed by atoms with E-state index in [2.05, 4.69) is 5.32 Å². The molecule has 1 aromatic carbocycles. The molecule has 2 aromatic rings. The molecule has 2 rings (SSSR count). The van der Waals surface area contributed by atoms with Gasteiger partial charge in [0.05, 0.1) is 6.42 Å². The Labute approximate surface area is 106 Å². The summed E-state index contributed by atoms with van der Waals surface area (Å²) in [6.07, 6.45) is 1.95. The third-order valence-electron chi connectivity index (χ3n) is 2.86. The van der Waals surface area contributed by atoms with Gasteiger partial charge in [0.25, 0.3) is 0 Å². The maximum absolute atomic E-state index is 11.4. The summed E-state index contributed by atoms with van der Waals surface area (Å²) in [5.41, 5.74) is 2.19. The van der Waals surface area contributed by atoms with Crippen molar-refractivity contribution in [3.05, 3.63) is 36.0 Å². The smallest absolute Gasteiger partial charge is 0.227 e. The molecule has 18 heavy (non-hydrogen) atoms. The number of aryl methyl sites for hydroxylation is 1. The second-order valence-electron chi connectivity index (χ2n) is 4.44. The van der Waals surface area contributed by atoms with Crippen LogP contribution in [0.15, 0.2) is 30.5 Å². The molecule has 4 nitrogen and oxygen atoms in total. The number of nitrogens with one attached hydrogen (secondary N) is 1. The second kappa shape index (κ2) is 5.04. The van der Waals surface area contributed by atoms with Crippen molar-refractivity contribution >= 4 is 22.6 Å². The number of rotatable bonds is 4. The van der Waals surface area contributed by atoms with Gasteiger partial charge in [-0.3, -0.25) is 9.59 Å². The molecule has 1 amide bonds. The predicted octanol–water partition coefficient (Wildman–Crippen LogP) is 1.77. The highest BCUT2D eigenvalue weighted by Gasteiger charge is 2.08. The summed E-state index contributed by atoms with van der Waals surface area (Å²) in [6.45, 7) is 1.87. The van der Waals surface area contributed by atoms with E-state index >= 15 is 0 Å². The molecular weight excluding hydrogens is 228 g/mol. The van der Waals surface area contributed by atoms with Gasteiger partial charge in [-0.25, -0.2) is 0 Å². The first kappa shape index (κ1) is 12.4. The Morgan fingerprint density at radius 1 is 1.28 bits per heavy atom. The fourth-order valence-electron chi connectivity index (χ4n) is 2.05. The summed E-state index contributed by atoms with van der Waals surface area (Å²) in [5, 5.41) is 3.89. The van der Waals surface area contributed by atoms with Gasteiger partial charge < -0.3 is 9.88 Å². The predicted molar refractivity (Wildman–Crippen MR) is 70.1 cm³/mol. The number of hydrogen-bond acceptors (Lipinski definition) is 2. The molecule has 4 heteroatoms. The maximum Gasteiger partial charge on any atom is 0.227 e. The van der Waals surface area contributed by atoms with Gasteiger partial charge in [0.1, 0.15) is 5.78 Å². The molecule has 94 valence electrons. The number of amides is 1. The highest BCUT2D eigenvalue weighted by molar-refractivity contribution is 5.96. The zero-order chi connectivity index (χ0) is 13.1. The van der Waals surface area contributed by atoms with Gasteiger partial charge in [-0.05, 0) is 18.6 Å². The number of hydrogen-bond donors (Lipinski definition) is 1. The molecule has 0 aliphatic carbocycles. The molecule has 1 N–H and O–H groups in total. The van der Waals surface area contributed by atoms with Crippen LogP contribution in [0.5, 0.6) is 0 Å². The van der Waals surface area contributed by atoms with Crippen molar-refractivity contribution < 1.29 is 9.59 Å². The Hall–Kier alpha value is -2.10. The minimum absolute atomic E-state index is 0.0508. The van der Waals surface area contributed by atoms with Crippen LogP contribution in [0.25, 0.3) is 10.9 Å². The van der Waals surface area contributed by atoms with Crippen molar-refractivity contribution in [2.24, 2.45) is 7.05 Å². The Morgan fingerprint density at radius 2 is 2.00 bits per heavy atom. The molecule has 0 atom stereocenters. The van der Waals surface area contributed by atoms with Crippen molar-refractivity contribution in [3.8, 4) is 0 Å². The molecule has 0 bridgehead atoms. The molecule has 1 heterocycles. The highest BCUT2D eigenvalue weighted by Crippen LogP contribution is 2.19. The lowest BCUT2D eigenvalue weighted by atomic mass is 10.2. The lowest BCUT2D eigenvalue weighted by Gasteiger charge is -2.02. The molecule has 1 aromatic heterocycles. The van der Waals surface area contributed by atoms with Crippen molar-refractivity contribution in [1.82, 2.24) is 9.88 Å². The maximum atomic E-state index is 11.4. The number of para-hydroxylation sites is 1. The molecular formula is C14H16N2O2. The van der Waals surface area contributed by atoms with Gasteiger partial charge in [-0.2, -0.15) is 0 Å². The Bertz CT molecular complexity index is 599. The van der Waals surface area contributed by atoms with Gasteiger partial charge >= 0.3 is 0 Å². The van der Waals surface area contributed by atoms with Crippen LogP contribution in [-0.4, -0.2) is 16.3 Å². The quantitative estimate of drug-likeness (QED) is 0.833. The normalized spacial score (nSPS) is 10.6. The number of fused-ring (bicyclic) bond motifs is 1. The lowest BCUT2D eigenvalue weighted by Crippen LogP contribution is -2.24. The zero-order valence-electron chi connectivity index (χ0n) is 10.6. The standard InChI is InChI=1S/C14H16N2O2/c1-10(17)7-14(18)15-8-11-9-16(2)13-6-4-3-5-12(11)13/h3-6,9H,7-8H2,1-2H3,(H,15,18). The fourth-order valence-corrected chi connectivity index (χ4v) is 2.05. The third-order valence-corrected chi connectivity index (χ3v) is 2.86. The number of benzene rings is 1. The molecule has 0 radical (unpaired) electrons. The van der Waals surface area contributed by atoms with Gasteiger partial charge in [0, 0.05) is 30.7 Å². The van der Waals surface area contributed by atoms with Gasteiger partial charge in [0.15, 0.2) is 0 Å². The van der Waals surface area contributed by atoms with E-state index < -0.39 is 0 Å². The third kappa shape index (κ3) is 2.59. The number of Topliss-reactive ketones (excluding diaryl/α,β-unsaturated/α-hetero) is 1. The highest BCUT2D eigenvalue weighted by atomic mass is 16.2. The van der Waals surface area contributed by atoms with E-state index in [9.17, 15) is 9.59 Å². The van der Waals surface area contributed by atoms with Gasteiger partial charge in [-0.15, -0.1) is 0 Å². The largest absolute Gasteiger partial charge is 0.352 e. The van der Waals surface area contributed by atoms with Crippen LogP contribution in [0.4, 0.5) is 0 Å². The summed E-state index contributed by atoms with van der Waals surface area (Å²) in [7, 11) is 1.98. The van der Waals surface area contributed by atoms with Crippen molar-refractivity contribution in [2.75, 3.05) is 0 Å². The first-order valence-corrected chi connectivity index (χ1v) is 5.87. The summed E-state index contributed by atoms with van der Waals surface area (Å²) in [6, 6.07) is 8.03. The number of carbonyl (C=O) groups excluding carboxylic acids is 2. The molecule has 0 unspecified atom stereocenters. The monoisotopic (exact) mass is 244 g/mol. The van der Waals surface area contributed by atoms with Gasteiger partial charge in [-0.1, -0.05) is 18.2 Å². The Balaban J connectivity index is 2.13. The van der Waals surface area contributed by atoms with E-state index in [0.717, 1.165) is 16.5 Å². The Kier molecular flexibility index (Phi) is 3.46. The van der Waals surface area contributed by atoms with E-state index in [-0.39, 0.29) is 18.1 Å². The molecule has 0 aliphatic rings. The topological polar surface area (TPSA) is 51.1 Å². The summed E-state index contributed by atoms with van der Waals surface area (Å²) >= 11 is 0. The minimum Gasteiger partial charge on any atom is -0.352 e. The van der Waals surface area contributed by atoms with Crippen LogP contribution in [0.1, 0.15) is 18.9 Å². The average Bonchev–Trinajstić information content (AvgIpc) is 2.64. The Morgan fingerprint density at radius 3 is 2.72 bits per heavy atom. The van der Waals surface area contributed by atoms with Gasteiger partial charge in [0.2, 0.25) is 5.91 Å². The molecule has 0 spiro atoms. The second-order valence-corrected chi connectivity index (χ2v) is 4.44. The molecule has 0 saturated heterocycles. The van der Waals surface area contributed by atoms with Crippen LogP contribution in [-0.2, 0) is 23.2 Å². The fraction of sp³-hybridized carbons (Fsp3) is 0.286. The van der Waals surface area contributed by atoms with E-state index in [1.165, 1.54) is 6.92 Å².